The Bertz CT molecular complexity index is 415. The maximum atomic E-state index is 11.3. The molecule has 1 aromatic carbocycles. The molecule has 3 N–H and O–H groups in total. The molecule has 1 atom stereocenters. The van der Waals surface area contributed by atoms with Gasteiger partial charge in [-0.05, 0) is 30.5 Å². The Morgan fingerprint density at radius 3 is 2.39 bits per heavy atom. The number of carboxylic acid groups (broad SMARTS) is 1. The van der Waals surface area contributed by atoms with E-state index in [0.717, 1.165) is 5.56 Å². The van der Waals surface area contributed by atoms with Gasteiger partial charge in [0.05, 0.1) is 6.42 Å². The van der Waals surface area contributed by atoms with Crippen molar-refractivity contribution < 1.29 is 14.7 Å². The van der Waals surface area contributed by atoms with Gasteiger partial charge in [0.15, 0.2) is 0 Å². The number of carbonyl (C=O) groups is 2. The van der Waals surface area contributed by atoms with E-state index in [1.165, 1.54) is 0 Å². The van der Waals surface area contributed by atoms with Gasteiger partial charge in [-0.1, -0.05) is 19.1 Å². The first-order valence-corrected chi connectivity index (χ1v) is 5.89. The molecule has 0 aliphatic rings. The van der Waals surface area contributed by atoms with Crippen molar-refractivity contribution >= 4 is 17.7 Å². The molecule has 0 spiro atoms. The summed E-state index contributed by atoms with van der Waals surface area (Å²) in [7, 11) is 0. The highest BCUT2D eigenvalue weighted by atomic mass is 16.4. The Morgan fingerprint density at radius 2 is 1.89 bits per heavy atom. The largest absolute Gasteiger partial charge is 0.481 e. The lowest BCUT2D eigenvalue weighted by Gasteiger charge is -2.10. The van der Waals surface area contributed by atoms with Gasteiger partial charge in [0.25, 0.3) is 0 Å². The average molecular weight is 250 g/mol. The van der Waals surface area contributed by atoms with Crippen LogP contribution in [0.1, 0.15) is 31.7 Å². The number of urea groups is 1. The van der Waals surface area contributed by atoms with Crippen molar-refractivity contribution in [2.75, 3.05) is 11.9 Å². The lowest BCUT2D eigenvalue weighted by Crippen LogP contribution is -2.28. The number of carboxylic acids is 1. The number of benzene rings is 1. The van der Waals surface area contributed by atoms with Crippen molar-refractivity contribution in [2.45, 2.75) is 26.2 Å². The molecule has 0 fully saturated rings. The number of anilines is 1. The SMILES string of the molecule is CCNC(=O)Nc1ccc(C(C)CC(=O)O)cc1. The topological polar surface area (TPSA) is 78.4 Å². The minimum absolute atomic E-state index is 0.0407. The minimum atomic E-state index is -0.813. The van der Waals surface area contributed by atoms with Crippen LogP contribution in [0.2, 0.25) is 0 Å². The summed E-state index contributed by atoms with van der Waals surface area (Å²) in [5.74, 6) is -0.854. The monoisotopic (exact) mass is 250 g/mol. The second-order valence-electron chi connectivity index (χ2n) is 4.11. The summed E-state index contributed by atoms with van der Waals surface area (Å²) < 4.78 is 0. The maximum Gasteiger partial charge on any atom is 0.319 e. The van der Waals surface area contributed by atoms with Crippen molar-refractivity contribution in [3.05, 3.63) is 29.8 Å². The summed E-state index contributed by atoms with van der Waals surface area (Å²) in [6.07, 6.45) is 0.100. The zero-order chi connectivity index (χ0) is 13.5. The van der Waals surface area contributed by atoms with Gasteiger partial charge in [0.2, 0.25) is 0 Å². The third-order valence-electron chi connectivity index (χ3n) is 2.56. The van der Waals surface area contributed by atoms with E-state index in [1.54, 1.807) is 12.1 Å². The molecule has 98 valence electrons. The molecule has 0 saturated heterocycles. The molecule has 2 amide bonds. The highest BCUT2D eigenvalue weighted by Crippen LogP contribution is 2.20. The predicted octanol–water partition coefficient (Wildman–Crippen LogP) is 2.41. The molecular weight excluding hydrogens is 232 g/mol. The average Bonchev–Trinajstić information content (AvgIpc) is 2.29. The molecule has 1 rings (SSSR count). The first kappa shape index (κ1) is 14.0. The fraction of sp³-hybridized carbons (Fsp3) is 0.385. The minimum Gasteiger partial charge on any atom is -0.481 e. The zero-order valence-corrected chi connectivity index (χ0v) is 10.6. The number of hydrogen-bond acceptors (Lipinski definition) is 2. The van der Waals surface area contributed by atoms with Gasteiger partial charge in [-0.25, -0.2) is 4.79 Å². The predicted molar refractivity (Wildman–Crippen MR) is 69.8 cm³/mol. The van der Waals surface area contributed by atoms with Crippen LogP contribution >= 0.6 is 0 Å². The molecule has 0 aromatic heterocycles. The van der Waals surface area contributed by atoms with Crippen molar-refractivity contribution in [3.63, 3.8) is 0 Å². The highest BCUT2D eigenvalue weighted by molar-refractivity contribution is 5.89. The van der Waals surface area contributed by atoms with Crippen molar-refractivity contribution in [1.82, 2.24) is 5.32 Å². The number of aliphatic carboxylic acids is 1. The molecule has 0 radical (unpaired) electrons. The molecule has 18 heavy (non-hydrogen) atoms. The first-order chi connectivity index (χ1) is 8.52. The van der Waals surface area contributed by atoms with Crippen LogP contribution in [0.4, 0.5) is 10.5 Å². The molecule has 0 aliphatic heterocycles. The van der Waals surface area contributed by atoms with E-state index in [4.69, 9.17) is 5.11 Å². The standard InChI is InChI=1S/C13H18N2O3/c1-3-14-13(18)15-11-6-4-10(5-7-11)9(2)8-12(16)17/h4-7,9H,3,8H2,1-2H3,(H,16,17)(H2,14,15,18). The molecular formula is C13H18N2O3. The van der Waals surface area contributed by atoms with Crippen LogP contribution in [-0.2, 0) is 4.79 Å². The molecule has 1 aromatic rings. The van der Waals surface area contributed by atoms with Crippen LogP contribution in [0.3, 0.4) is 0 Å². The normalized spacial score (nSPS) is 11.7. The van der Waals surface area contributed by atoms with Crippen LogP contribution in [0.25, 0.3) is 0 Å². The number of hydrogen-bond donors (Lipinski definition) is 3. The first-order valence-electron chi connectivity index (χ1n) is 5.89. The summed E-state index contributed by atoms with van der Waals surface area (Å²) >= 11 is 0. The molecule has 0 heterocycles. The maximum absolute atomic E-state index is 11.3. The van der Waals surface area contributed by atoms with Gasteiger partial charge in [-0.3, -0.25) is 4.79 Å². The summed E-state index contributed by atoms with van der Waals surface area (Å²) in [5.41, 5.74) is 1.63. The van der Waals surface area contributed by atoms with Gasteiger partial charge in [0.1, 0.15) is 0 Å². The summed E-state index contributed by atoms with van der Waals surface area (Å²) in [5, 5.41) is 14.0. The van der Waals surface area contributed by atoms with Crippen LogP contribution in [0, 0.1) is 0 Å². The molecule has 5 heteroatoms. The van der Waals surface area contributed by atoms with Crippen molar-refractivity contribution in [1.29, 1.82) is 0 Å². The van der Waals surface area contributed by atoms with Gasteiger partial charge in [-0.15, -0.1) is 0 Å². The van der Waals surface area contributed by atoms with Gasteiger partial charge >= 0.3 is 12.0 Å². The number of rotatable bonds is 5. The van der Waals surface area contributed by atoms with E-state index in [0.29, 0.717) is 12.2 Å². The van der Waals surface area contributed by atoms with E-state index < -0.39 is 5.97 Å². The zero-order valence-electron chi connectivity index (χ0n) is 10.6. The Kier molecular flexibility index (Phi) is 5.17. The molecule has 5 nitrogen and oxygen atoms in total. The second-order valence-corrected chi connectivity index (χ2v) is 4.11. The molecule has 1 unspecified atom stereocenters. The molecule has 0 bridgehead atoms. The number of amides is 2. The third kappa shape index (κ3) is 4.45. The summed E-state index contributed by atoms with van der Waals surface area (Å²) in [6.45, 7) is 4.27. The second kappa shape index (κ2) is 6.64. The van der Waals surface area contributed by atoms with E-state index in [2.05, 4.69) is 10.6 Å². The third-order valence-corrected chi connectivity index (χ3v) is 2.56. The van der Waals surface area contributed by atoms with Gasteiger partial charge in [0, 0.05) is 12.2 Å². The fourth-order valence-corrected chi connectivity index (χ4v) is 1.61. The van der Waals surface area contributed by atoms with E-state index in [-0.39, 0.29) is 18.4 Å². The van der Waals surface area contributed by atoms with Gasteiger partial charge < -0.3 is 15.7 Å². The lowest BCUT2D eigenvalue weighted by atomic mass is 9.98. The smallest absolute Gasteiger partial charge is 0.319 e. The molecule has 0 aliphatic carbocycles. The van der Waals surface area contributed by atoms with Crippen LogP contribution in [0.5, 0.6) is 0 Å². The lowest BCUT2D eigenvalue weighted by molar-refractivity contribution is -0.137. The Labute approximate surface area is 106 Å². The fourth-order valence-electron chi connectivity index (χ4n) is 1.61. The van der Waals surface area contributed by atoms with Crippen LogP contribution in [-0.4, -0.2) is 23.7 Å². The number of nitrogens with one attached hydrogen (secondary N) is 2. The summed E-state index contributed by atoms with van der Waals surface area (Å²) in [4.78, 5) is 21.9. The van der Waals surface area contributed by atoms with Crippen molar-refractivity contribution in [2.24, 2.45) is 0 Å². The van der Waals surface area contributed by atoms with E-state index in [9.17, 15) is 9.59 Å². The van der Waals surface area contributed by atoms with E-state index >= 15 is 0 Å². The van der Waals surface area contributed by atoms with E-state index in [1.807, 2.05) is 26.0 Å². The highest BCUT2D eigenvalue weighted by Gasteiger charge is 2.10. The Hall–Kier alpha value is -2.04. The number of carbonyl (C=O) groups excluding carboxylic acids is 1. The van der Waals surface area contributed by atoms with Gasteiger partial charge in [-0.2, -0.15) is 0 Å². The van der Waals surface area contributed by atoms with Crippen molar-refractivity contribution in [3.8, 4) is 0 Å². The quantitative estimate of drug-likeness (QED) is 0.750. The molecule has 0 saturated carbocycles. The Balaban J connectivity index is 2.62. The van der Waals surface area contributed by atoms with Crippen LogP contribution < -0.4 is 10.6 Å². The van der Waals surface area contributed by atoms with Crippen LogP contribution in [0.15, 0.2) is 24.3 Å². The summed E-state index contributed by atoms with van der Waals surface area (Å²) in [6, 6.07) is 6.94. The Morgan fingerprint density at radius 1 is 1.28 bits per heavy atom.